The number of benzene rings is 1. The molecular formula is C21H31N4O3S+. The molecule has 1 aromatic heterocycles. The lowest BCUT2D eigenvalue weighted by atomic mass is 10.2. The summed E-state index contributed by atoms with van der Waals surface area (Å²) in [5, 5.41) is 5.08. The van der Waals surface area contributed by atoms with Crippen molar-refractivity contribution < 1.29 is 19.2 Å². The molecule has 7 nitrogen and oxygen atoms in total. The number of hydrogen-bond donors (Lipinski definition) is 2. The zero-order valence-corrected chi connectivity index (χ0v) is 18.3. The maximum Gasteiger partial charge on any atom is 0.254 e. The van der Waals surface area contributed by atoms with E-state index >= 15 is 0 Å². The van der Waals surface area contributed by atoms with E-state index < -0.39 is 0 Å². The topological polar surface area (TPSA) is 76.0 Å². The van der Waals surface area contributed by atoms with Crippen molar-refractivity contribution in [1.82, 2.24) is 9.88 Å². The molecule has 0 aliphatic rings. The van der Waals surface area contributed by atoms with Gasteiger partial charge >= 0.3 is 0 Å². The SMILES string of the molecule is CCCCOc1ccc(C(=O)N(CCC[NH+](C)C)CC(=O)Nc2nccs2)cc1. The molecule has 2 amide bonds. The summed E-state index contributed by atoms with van der Waals surface area (Å²) in [7, 11) is 4.14. The monoisotopic (exact) mass is 419 g/mol. The Morgan fingerprint density at radius 1 is 1.21 bits per heavy atom. The fourth-order valence-electron chi connectivity index (χ4n) is 2.70. The molecule has 0 aliphatic carbocycles. The Labute approximate surface area is 176 Å². The van der Waals surface area contributed by atoms with E-state index in [-0.39, 0.29) is 18.4 Å². The van der Waals surface area contributed by atoms with E-state index in [9.17, 15) is 9.59 Å². The van der Waals surface area contributed by atoms with Crippen LogP contribution < -0.4 is 15.0 Å². The highest BCUT2D eigenvalue weighted by Crippen LogP contribution is 2.15. The summed E-state index contributed by atoms with van der Waals surface area (Å²) in [6.07, 6.45) is 4.52. The number of aromatic nitrogens is 1. The molecule has 158 valence electrons. The molecule has 0 spiro atoms. The number of quaternary nitrogens is 1. The highest BCUT2D eigenvalue weighted by molar-refractivity contribution is 7.13. The molecule has 1 heterocycles. The van der Waals surface area contributed by atoms with Gasteiger partial charge in [-0.1, -0.05) is 13.3 Å². The number of rotatable bonds is 12. The number of unbranched alkanes of at least 4 members (excludes halogenated alkanes) is 1. The van der Waals surface area contributed by atoms with Crippen molar-refractivity contribution in [1.29, 1.82) is 0 Å². The minimum atomic E-state index is -0.245. The lowest BCUT2D eigenvalue weighted by molar-refractivity contribution is -0.858. The number of nitrogens with zero attached hydrogens (tertiary/aromatic N) is 2. The lowest BCUT2D eigenvalue weighted by Crippen LogP contribution is -3.05. The second kappa shape index (κ2) is 12.2. The molecule has 0 unspecified atom stereocenters. The molecule has 2 aromatic rings. The number of ether oxygens (including phenoxy) is 1. The van der Waals surface area contributed by atoms with E-state index in [0.717, 1.165) is 31.6 Å². The first-order chi connectivity index (χ1) is 14.0. The summed E-state index contributed by atoms with van der Waals surface area (Å²) >= 11 is 1.35. The van der Waals surface area contributed by atoms with Crippen LogP contribution in [0.5, 0.6) is 5.75 Å². The highest BCUT2D eigenvalue weighted by atomic mass is 32.1. The summed E-state index contributed by atoms with van der Waals surface area (Å²) in [6, 6.07) is 7.13. The summed E-state index contributed by atoms with van der Waals surface area (Å²) in [5.41, 5.74) is 0.548. The predicted molar refractivity (Wildman–Crippen MR) is 116 cm³/mol. The summed E-state index contributed by atoms with van der Waals surface area (Å²) < 4.78 is 5.66. The molecule has 0 saturated carbocycles. The molecule has 29 heavy (non-hydrogen) atoms. The van der Waals surface area contributed by atoms with Crippen LogP contribution in [0.15, 0.2) is 35.8 Å². The van der Waals surface area contributed by atoms with Crippen molar-refractivity contribution in [3.63, 3.8) is 0 Å². The number of thiazole rings is 1. The van der Waals surface area contributed by atoms with Crippen molar-refractivity contribution in [2.75, 3.05) is 45.7 Å². The summed E-state index contributed by atoms with van der Waals surface area (Å²) in [6.45, 7) is 4.21. The molecule has 2 N–H and O–H groups in total. The molecule has 8 heteroatoms. The van der Waals surface area contributed by atoms with E-state index in [1.165, 1.54) is 16.2 Å². The van der Waals surface area contributed by atoms with Crippen LogP contribution in [0.2, 0.25) is 0 Å². The standard InChI is InChI=1S/C21H30N4O3S/c1-4-5-14-28-18-9-7-17(8-10-18)20(27)25(13-6-12-24(2)3)16-19(26)23-21-22-11-15-29-21/h7-11,15H,4-6,12-14,16H2,1-3H3,(H,22,23,26)/p+1. The normalized spacial score (nSPS) is 10.8. The Balaban J connectivity index is 2.01. The van der Waals surface area contributed by atoms with E-state index in [1.54, 1.807) is 40.7 Å². The highest BCUT2D eigenvalue weighted by Gasteiger charge is 2.19. The fraction of sp³-hybridized carbons (Fsp3) is 0.476. The van der Waals surface area contributed by atoms with Crippen molar-refractivity contribution >= 4 is 28.3 Å². The maximum atomic E-state index is 13.0. The second-order valence-electron chi connectivity index (χ2n) is 7.15. The average molecular weight is 420 g/mol. The van der Waals surface area contributed by atoms with Crippen LogP contribution in [0.3, 0.4) is 0 Å². The lowest BCUT2D eigenvalue weighted by Gasteiger charge is -2.22. The molecule has 2 rings (SSSR count). The quantitative estimate of drug-likeness (QED) is 0.516. The fourth-order valence-corrected chi connectivity index (χ4v) is 3.25. The number of anilines is 1. The average Bonchev–Trinajstić information content (AvgIpc) is 3.20. The van der Waals surface area contributed by atoms with Crippen LogP contribution in [0, 0.1) is 0 Å². The molecule has 1 aromatic carbocycles. The maximum absolute atomic E-state index is 13.0. The molecule has 0 saturated heterocycles. The first-order valence-corrected chi connectivity index (χ1v) is 10.9. The largest absolute Gasteiger partial charge is 0.494 e. The number of amides is 2. The first-order valence-electron chi connectivity index (χ1n) is 10.00. The minimum Gasteiger partial charge on any atom is -0.494 e. The summed E-state index contributed by atoms with van der Waals surface area (Å²) in [4.78, 5) is 32.4. The van der Waals surface area contributed by atoms with Gasteiger partial charge in [0.05, 0.1) is 27.2 Å². The van der Waals surface area contributed by atoms with E-state index in [4.69, 9.17) is 4.74 Å². The third-order valence-electron chi connectivity index (χ3n) is 4.27. The third kappa shape index (κ3) is 8.21. The Bertz CT molecular complexity index is 748. The molecule has 0 radical (unpaired) electrons. The van der Waals surface area contributed by atoms with Gasteiger partial charge in [-0.05, 0) is 30.7 Å². The van der Waals surface area contributed by atoms with Gasteiger partial charge in [-0.25, -0.2) is 4.98 Å². The van der Waals surface area contributed by atoms with Crippen molar-refractivity contribution in [3.8, 4) is 5.75 Å². The van der Waals surface area contributed by atoms with Crippen molar-refractivity contribution in [2.45, 2.75) is 26.2 Å². The van der Waals surface area contributed by atoms with Gasteiger partial charge in [0.1, 0.15) is 12.3 Å². The van der Waals surface area contributed by atoms with Crippen LogP contribution in [0.25, 0.3) is 0 Å². The Morgan fingerprint density at radius 2 is 1.97 bits per heavy atom. The van der Waals surface area contributed by atoms with Gasteiger partial charge in [-0.15, -0.1) is 11.3 Å². The van der Waals surface area contributed by atoms with Gasteiger partial charge in [-0.3, -0.25) is 9.59 Å². The second-order valence-corrected chi connectivity index (χ2v) is 8.04. The molecule has 0 fully saturated rings. The van der Waals surface area contributed by atoms with Gasteiger partial charge in [0.2, 0.25) is 5.91 Å². The number of carbonyl (C=O) groups is 2. The van der Waals surface area contributed by atoms with Crippen molar-refractivity contribution in [3.05, 3.63) is 41.4 Å². The van der Waals surface area contributed by atoms with Gasteiger partial charge < -0.3 is 19.9 Å². The molecule has 0 aliphatic heterocycles. The number of hydrogen-bond acceptors (Lipinski definition) is 5. The van der Waals surface area contributed by atoms with Crippen LogP contribution >= 0.6 is 11.3 Å². The Morgan fingerprint density at radius 3 is 2.59 bits per heavy atom. The van der Waals surface area contributed by atoms with Crippen LogP contribution in [0.1, 0.15) is 36.5 Å². The third-order valence-corrected chi connectivity index (χ3v) is 4.96. The van der Waals surface area contributed by atoms with Gasteiger partial charge in [0.15, 0.2) is 5.13 Å². The Kier molecular flexibility index (Phi) is 9.59. The zero-order valence-electron chi connectivity index (χ0n) is 17.4. The van der Waals surface area contributed by atoms with Crippen LogP contribution in [-0.2, 0) is 4.79 Å². The predicted octanol–water partition coefficient (Wildman–Crippen LogP) is 1.94. The van der Waals surface area contributed by atoms with Gasteiger partial charge in [0, 0.05) is 30.1 Å². The Hall–Kier alpha value is -2.45. The molecular weight excluding hydrogens is 388 g/mol. The van der Waals surface area contributed by atoms with E-state index in [1.807, 2.05) is 0 Å². The molecule has 0 bridgehead atoms. The van der Waals surface area contributed by atoms with Crippen molar-refractivity contribution in [2.24, 2.45) is 0 Å². The van der Waals surface area contributed by atoms with Crippen LogP contribution in [0.4, 0.5) is 5.13 Å². The number of carbonyl (C=O) groups excluding carboxylic acids is 2. The van der Waals surface area contributed by atoms with E-state index in [0.29, 0.717) is 23.8 Å². The minimum absolute atomic E-state index is 0.00404. The molecule has 0 atom stereocenters. The first kappa shape index (κ1) is 22.8. The van der Waals surface area contributed by atoms with Crippen LogP contribution in [-0.4, -0.2) is 62.0 Å². The van der Waals surface area contributed by atoms with Gasteiger partial charge in [-0.2, -0.15) is 0 Å². The number of nitrogens with one attached hydrogen (secondary N) is 2. The summed E-state index contributed by atoms with van der Waals surface area (Å²) in [5.74, 6) is 0.345. The van der Waals surface area contributed by atoms with Gasteiger partial charge in [0.25, 0.3) is 5.91 Å². The smallest absolute Gasteiger partial charge is 0.254 e. The van der Waals surface area contributed by atoms with E-state index in [2.05, 4.69) is 31.3 Å². The zero-order chi connectivity index (χ0) is 21.1.